The van der Waals surface area contributed by atoms with Gasteiger partial charge in [-0.05, 0) is 33.5 Å². The molecule has 0 saturated carbocycles. The highest BCUT2D eigenvalue weighted by atomic mass is 16.5. The van der Waals surface area contributed by atoms with E-state index in [1.54, 1.807) is 0 Å². The summed E-state index contributed by atoms with van der Waals surface area (Å²) in [5, 5.41) is 3.47. The van der Waals surface area contributed by atoms with Crippen molar-refractivity contribution in [1.82, 2.24) is 10.2 Å². The van der Waals surface area contributed by atoms with Crippen LogP contribution in [0, 0.1) is 0 Å². The molecular formula is C16H24N2O2. The second-order valence-electron chi connectivity index (χ2n) is 5.78. The molecular weight excluding hydrogens is 252 g/mol. The molecule has 0 aliphatic carbocycles. The molecule has 0 amide bonds. The van der Waals surface area contributed by atoms with Crippen molar-refractivity contribution in [2.75, 3.05) is 27.3 Å². The third-order valence-corrected chi connectivity index (χ3v) is 4.74. The Morgan fingerprint density at radius 1 is 1.25 bits per heavy atom. The monoisotopic (exact) mass is 276 g/mol. The highest BCUT2D eigenvalue weighted by molar-refractivity contribution is 5.38. The fourth-order valence-electron chi connectivity index (χ4n) is 3.55. The number of ether oxygens (including phenoxy) is 2. The molecule has 0 bridgehead atoms. The largest absolute Gasteiger partial charge is 0.492 e. The van der Waals surface area contributed by atoms with Crippen LogP contribution in [0.25, 0.3) is 0 Å². The Labute approximate surface area is 121 Å². The van der Waals surface area contributed by atoms with Crippen LogP contribution in [0.4, 0.5) is 0 Å². The fourth-order valence-corrected chi connectivity index (χ4v) is 3.55. The van der Waals surface area contributed by atoms with Gasteiger partial charge in [-0.1, -0.05) is 18.2 Å². The second kappa shape index (κ2) is 5.72. The molecule has 2 heterocycles. The molecule has 110 valence electrons. The number of rotatable bonds is 3. The lowest BCUT2D eigenvalue weighted by atomic mass is 9.93. The molecule has 1 saturated heterocycles. The molecule has 4 heteroatoms. The highest BCUT2D eigenvalue weighted by Gasteiger charge is 2.38. The molecule has 4 atom stereocenters. The van der Waals surface area contributed by atoms with Crippen LogP contribution in [-0.4, -0.2) is 50.4 Å². The van der Waals surface area contributed by atoms with Gasteiger partial charge in [0.1, 0.15) is 12.4 Å². The van der Waals surface area contributed by atoms with Gasteiger partial charge < -0.3 is 14.8 Å². The van der Waals surface area contributed by atoms with Crippen LogP contribution < -0.4 is 10.1 Å². The van der Waals surface area contributed by atoms with Crippen LogP contribution >= 0.6 is 0 Å². The van der Waals surface area contributed by atoms with Crippen molar-refractivity contribution in [3.63, 3.8) is 0 Å². The summed E-state index contributed by atoms with van der Waals surface area (Å²) in [6.07, 6.45) is 1.40. The summed E-state index contributed by atoms with van der Waals surface area (Å²) in [4.78, 5) is 2.44. The molecule has 0 radical (unpaired) electrons. The normalized spacial score (nSPS) is 33.0. The summed E-state index contributed by atoms with van der Waals surface area (Å²) in [6, 6.07) is 9.44. The second-order valence-corrected chi connectivity index (χ2v) is 5.78. The Balaban J connectivity index is 1.83. The van der Waals surface area contributed by atoms with Gasteiger partial charge in [0.15, 0.2) is 0 Å². The van der Waals surface area contributed by atoms with Crippen molar-refractivity contribution in [2.24, 2.45) is 0 Å². The molecule has 2 aliphatic rings. The topological polar surface area (TPSA) is 33.7 Å². The van der Waals surface area contributed by atoms with E-state index < -0.39 is 0 Å². The van der Waals surface area contributed by atoms with Gasteiger partial charge in [0.05, 0.1) is 18.2 Å². The van der Waals surface area contributed by atoms with E-state index in [4.69, 9.17) is 9.47 Å². The lowest BCUT2D eigenvalue weighted by Crippen LogP contribution is -2.53. The van der Waals surface area contributed by atoms with E-state index in [0.717, 1.165) is 25.4 Å². The smallest absolute Gasteiger partial charge is 0.124 e. The first-order valence-electron chi connectivity index (χ1n) is 7.45. The van der Waals surface area contributed by atoms with Crippen LogP contribution in [-0.2, 0) is 4.74 Å². The van der Waals surface area contributed by atoms with Gasteiger partial charge in [-0.15, -0.1) is 0 Å². The maximum absolute atomic E-state index is 5.96. The maximum atomic E-state index is 5.96. The number of para-hydroxylation sites is 1. The Bertz CT molecular complexity index is 466. The van der Waals surface area contributed by atoms with Crippen LogP contribution in [0.15, 0.2) is 24.3 Å². The lowest BCUT2D eigenvalue weighted by molar-refractivity contribution is 0.0352. The highest BCUT2D eigenvalue weighted by Crippen LogP contribution is 2.35. The van der Waals surface area contributed by atoms with Gasteiger partial charge in [0.25, 0.3) is 0 Å². The molecule has 20 heavy (non-hydrogen) atoms. The van der Waals surface area contributed by atoms with Gasteiger partial charge in [-0.25, -0.2) is 0 Å². The predicted octanol–water partition coefficient (Wildman–Crippen LogP) is 1.82. The Kier molecular flexibility index (Phi) is 3.96. The van der Waals surface area contributed by atoms with E-state index in [9.17, 15) is 0 Å². The third kappa shape index (κ3) is 2.32. The van der Waals surface area contributed by atoms with Gasteiger partial charge >= 0.3 is 0 Å². The van der Waals surface area contributed by atoms with E-state index in [1.165, 1.54) is 5.56 Å². The quantitative estimate of drug-likeness (QED) is 0.913. The van der Waals surface area contributed by atoms with Crippen molar-refractivity contribution in [3.8, 4) is 5.75 Å². The maximum Gasteiger partial charge on any atom is 0.124 e. The Morgan fingerprint density at radius 3 is 2.75 bits per heavy atom. The average Bonchev–Trinajstić information content (AvgIpc) is 2.91. The number of hydrogen-bond acceptors (Lipinski definition) is 4. The molecule has 3 rings (SSSR count). The van der Waals surface area contributed by atoms with E-state index >= 15 is 0 Å². The molecule has 1 N–H and O–H groups in total. The molecule has 1 fully saturated rings. The zero-order valence-electron chi connectivity index (χ0n) is 12.5. The van der Waals surface area contributed by atoms with Crippen molar-refractivity contribution in [2.45, 2.75) is 37.6 Å². The van der Waals surface area contributed by atoms with Gasteiger partial charge in [-0.2, -0.15) is 0 Å². The molecule has 0 aromatic heterocycles. The summed E-state index contributed by atoms with van der Waals surface area (Å²) in [7, 11) is 4.23. The van der Waals surface area contributed by atoms with E-state index in [2.05, 4.69) is 42.4 Å². The Hall–Kier alpha value is -1.10. The Morgan fingerprint density at radius 2 is 2.05 bits per heavy atom. The summed E-state index contributed by atoms with van der Waals surface area (Å²) >= 11 is 0. The zero-order valence-corrected chi connectivity index (χ0v) is 12.5. The average molecular weight is 276 g/mol. The lowest BCUT2D eigenvalue weighted by Gasteiger charge is -2.42. The molecule has 4 nitrogen and oxygen atoms in total. The molecule has 4 unspecified atom stereocenters. The number of nitrogens with one attached hydrogen (secondary N) is 1. The number of nitrogens with zero attached hydrogens (tertiary/aromatic N) is 1. The summed E-state index contributed by atoms with van der Waals surface area (Å²) in [5.41, 5.74) is 1.25. The molecule has 0 spiro atoms. The van der Waals surface area contributed by atoms with Crippen LogP contribution in [0.1, 0.15) is 24.9 Å². The zero-order chi connectivity index (χ0) is 14.1. The van der Waals surface area contributed by atoms with Crippen LogP contribution in [0.3, 0.4) is 0 Å². The summed E-state index contributed by atoms with van der Waals surface area (Å²) in [5.74, 6) is 1.01. The molecule has 1 aromatic carbocycles. The van der Waals surface area contributed by atoms with Crippen molar-refractivity contribution in [1.29, 1.82) is 0 Å². The van der Waals surface area contributed by atoms with Gasteiger partial charge in [-0.3, -0.25) is 4.90 Å². The summed E-state index contributed by atoms with van der Waals surface area (Å²) < 4.78 is 11.7. The summed E-state index contributed by atoms with van der Waals surface area (Å²) in [6.45, 7) is 3.76. The fraction of sp³-hybridized carbons (Fsp3) is 0.625. The van der Waals surface area contributed by atoms with Crippen molar-refractivity contribution >= 4 is 0 Å². The van der Waals surface area contributed by atoms with Gasteiger partial charge in [0, 0.05) is 18.2 Å². The predicted molar refractivity (Wildman–Crippen MR) is 79.1 cm³/mol. The standard InChI is InChI=1S/C16H24N2O2/c1-11-13(8-9-19-11)18(3)14-10-20-15-7-5-4-6-12(15)16(14)17-2/h4-7,11,13-14,16-17H,8-10H2,1-3H3. The minimum atomic E-state index is 0.301. The third-order valence-electron chi connectivity index (χ3n) is 4.74. The number of fused-ring (bicyclic) bond motifs is 1. The van der Waals surface area contributed by atoms with E-state index in [-0.39, 0.29) is 0 Å². The first-order chi connectivity index (χ1) is 9.72. The molecule has 2 aliphatic heterocycles. The van der Waals surface area contributed by atoms with Crippen molar-refractivity contribution in [3.05, 3.63) is 29.8 Å². The number of likely N-dealkylation sites (N-methyl/N-ethyl adjacent to an activating group) is 2. The van der Waals surface area contributed by atoms with E-state index in [1.807, 2.05) is 13.1 Å². The van der Waals surface area contributed by atoms with Crippen LogP contribution in [0.5, 0.6) is 5.75 Å². The minimum absolute atomic E-state index is 0.301. The van der Waals surface area contributed by atoms with Crippen LogP contribution in [0.2, 0.25) is 0 Å². The van der Waals surface area contributed by atoms with Gasteiger partial charge in [0.2, 0.25) is 0 Å². The SMILES string of the molecule is CNC1c2ccccc2OCC1N(C)C1CCOC1C. The minimum Gasteiger partial charge on any atom is -0.492 e. The van der Waals surface area contributed by atoms with E-state index in [0.29, 0.717) is 24.2 Å². The number of benzene rings is 1. The molecule has 1 aromatic rings. The first kappa shape index (κ1) is 13.9. The first-order valence-corrected chi connectivity index (χ1v) is 7.45. The number of hydrogen-bond donors (Lipinski definition) is 1. The van der Waals surface area contributed by atoms with Crippen molar-refractivity contribution < 1.29 is 9.47 Å².